The molecule has 0 spiro atoms. The van der Waals surface area contributed by atoms with Crippen LogP contribution >= 0.6 is 11.6 Å². The number of sulfone groups is 1. The summed E-state index contributed by atoms with van der Waals surface area (Å²) in [5.41, 5.74) is 1.49. The lowest BCUT2D eigenvalue weighted by Crippen LogP contribution is -2.21. The number of hydrogen-bond donors (Lipinski definition) is 2. The summed E-state index contributed by atoms with van der Waals surface area (Å²) < 4.78 is 28.3. The summed E-state index contributed by atoms with van der Waals surface area (Å²) in [4.78, 5) is 8.76. The Kier molecular flexibility index (Phi) is 5.01. The lowest BCUT2D eigenvalue weighted by molar-refractivity contribution is 0.415. The van der Waals surface area contributed by atoms with Crippen LogP contribution in [0, 0.1) is 6.92 Å². The van der Waals surface area contributed by atoms with E-state index in [-0.39, 0.29) is 17.5 Å². The Morgan fingerprint density at radius 2 is 2.08 bits per heavy atom. The normalized spacial score (nSPS) is 18.8. The van der Waals surface area contributed by atoms with Crippen molar-refractivity contribution in [3.63, 3.8) is 0 Å². The highest BCUT2D eigenvalue weighted by Crippen LogP contribution is 2.28. The van der Waals surface area contributed by atoms with Crippen LogP contribution in [0.3, 0.4) is 0 Å². The van der Waals surface area contributed by atoms with Crippen molar-refractivity contribution in [3.05, 3.63) is 35.0 Å². The van der Waals surface area contributed by atoms with E-state index in [1.54, 1.807) is 25.3 Å². The molecule has 2 aromatic rings. The van der Waals surface area contributed by atoms with Gasteiger partial charge < -0.3 is 15.4 Å². The summed E-state index contributed by atoms with van der Waals surface area (Å²) in [6.45, 7) is 1.85. The van der Waals surface area contributed by atoms with Gasteiger partial charge in [-0.25, -0.2) is 13.4 Å². The van der Waals surface area contributed by atoms with Gasteiger partial charge >= 0.3 is 0 Å². The Hall–Kier alpha value is -2.06. The lowest BCUT2D eigenvalue weighted by atomic mass is 10.2. The van der Waals surface area contributed by atoms with Gasteiger partial charge in [0.05, 0.1) is 23.6 Å². The van der Waals surface area contributed by atoms with Crippen LogP contribution in [-0.4, -0.2) is 43.0 Å². The Morgan fingerprint density at radius 1 is 1.28 bits per heavy atom. The summed E-state index contributed by atoms with van der Waals surface area (Å²) in [5.74, 6) is 1.93. The molecule has 1 saturated heterocycles. The molecule has 0 radical (unpaired) electrons. The highest BCUT2D eigenvalue weighted by Gasteiger charge is 2.28. The largest absolute Gasteiger partial charge is 0.495 e. The fraction of sp³-hybridized carbons (Fsp3) is 0.375. The smallest absolute Gasteiger partial charge is 0.229 e. The maximum Gasteiger partial charge on any atom is 0.229 e. The van der Waals surface area contributed by atoms with Gasteiger partial charge in [-0.3, -0.25) is 0 Å². The number of hydrogen-bond acceptors (Lipinski definition) is 7. The van der Waals surface area contributed by atoms with Crippen LogP contribution < -0.4 is 15.4 Å². The molecule has 7 nitrogen and oxygen atoms in total. The van der Waals surface area contributed by atoms with Crippen molar-refractivity contribution in [2.75, 3.05) is 29.2 Å². The lowest BCUT2D eigenvalue weighted by Gasteiger charge is -2.14. The van der Waals surface area contributed by atoms with E-state index < -0.39 is 9.84 Å². The second kappa shape index (κ2) is 7.05. The molecule has 0 aliphatic carbocycles. The number of aryl methyl sites for hydroxylation is 1. The number of ether oxygens (including phenoxy) is 1. The molecule has 1 aliphatic heterocycles. The second-order valence-corrected chi connectivity index (χ2v) is 8.57. The fourth-order valence-electron chi connectivity index (χ4n) is 2.69. The molecule has 2 heterocycles. The standard InChI is InChI=1S/C16H19ClN4O3S/c1-10-7-15(19-12-5-6-25(22,23)9-12)21-16(18-10)20-11-3-4-14(24-2)13(17)8-11/h3-4,7-8,12H,5-6,9H2,1-2H3,(H2,18,19,20,21). The van der Waals surface area contributed by atoms with Gasteiger partial charge in [-0.1, -0.05) is 11.6 Å². The van der Waals surface area contributed by atoms with Crippen molar-refractivity contribution < 1.29 is 13.2 Å². The van der Waals surface area contributed by atoms with Gasteiger partial charge in [0, 0.05) is 23.5 Å². The van der Waals surface area contributed by atoms with E-state index in [9.17, 15) is 8.42 Å². The first-order valence-electron chi connectivity index (χ1n) is 7.78. The van der Waals surface area contributed by atoms with Crippen LogP contribution in [0.5, 0.6) is 5.75 Å². The van der Waals surface area contributed by atoms with Gasteiger partial charge in [0.15, 0.2) is 9.84 Å². The molecule has 1 aromatic carbocycles. The number of anilines is 3. The van der Waals surface area contributed by atoms with Crippen LogP contribution in [0.2, 0.25) is 5.02 Å². The first-order valence-corrected chi connectivity index (χ1v) is 9.98. The summed E-state index contributed by atoms with van der Waals surface area (Å²) in [5, 5.41) is 6.76. The summed E-state index contributed by atoms with van der Waals surface area (Å²) in [6, 6.07) is 6.96. The van der Waals surface area contributed by atoms with Crippen molar-refractivity contribution in [1.29, 1.82) is 0 Å². The molecule has 3 rings (SSSR count). The van der Waals surface area contributed by atoms with Crippen molar-refractivity contribution >= 4 is 38.9 Å². The highest BCUT2D eigenvalue weighted by molar-refractivity contribution is 7.91. The zero-order chi connectivity index (χ0) is 18.0. The number of methoxy groups -OCH3 is 1. The number of aromatic nitrogens is 2. The van der Waals surface area contributed by atoms with E-state index in [1.807, 2.05) is 13.0 Å². The molecule has 2 N–H and O–H groups in total. The Morgan fingerprint density at radius 3 is 2.72 bits per heavy atom. The van der Waals surface area contributed by atoms with E-state index in [1.165, 1.54) is 0 Å². The van der Waals surface area contributed by atoms with Crippen molar-refractivity contribution in [3.8, 4) is 5.75 Å². The minimum atomic E-state index is -2.94. The minimum Gasteiger partial charge on any atom is -0.495 e. The molecule has 0 saturated carbocycles. The molecular formula is C16H19ClN4O3S. The zero-order valence-corrected chi connectivity index (χ0v) is 15.5. The molecule has 1 atom stereocenters. The Balaban J connectivity index is 1.76. The SMILES string of the molecule is COc1ccc(Nc2nc(C)cc(NC3CCS(=O)(=O)C3)n2)cc1Cl. The van der Waals surface area contributed by atoms with Crippen molar-refractivity contribution in [2.45, 2.75) is 19.4 Å². The number of rotatable bonds is 5. The topological polar surface area (TPSA) is 93.2 Å². The second-order valence-electron chi connectivity index (χ2n) is 5.94. The van der Waals surface area contributed by atoms with E-state index in [0.717, 1.165) is 11.4 Å². The van der Waals surface area contributed by atoms with Crippen LogP contribution in [-0.2, 0) is 9.84 Å². The molecule has 1 aliphatic rings. The fourth-order valence-corrected chi connectivity index (χ4v) is 4.62. The quantitative estimate of drug-likeness (QED) is 0.821. The third kappa shape index (κ3) is 4.52. The van der Waals surface area contributed by atoms with Crippen molar-refractivity contribution in [1.82, 2.24) is 9.97 Å². The minimum absolute atomic E-state index is 0.123. The van der Waals surface area contributed by atoms with Crippen LogP contribution in [0.4, 0.5) is 17.5 Å². The molecule has 1 fully saturated rings. The van der Waals surface area contributed by atoms with Gasteiger partial charge in [-0.05, 0) is 31.5 Å². The summed E-state index contributed by atoms with van der Waals surface area (Å²) in [7, 11) is -1.39. The molecule has 25 heavy (non-hydrogen) atoms. The Labute approximate surface area is 151 Å². The van der Waals surface area contributed by atoms with Gasteiger partial charge in [-0.2, -0.15) is 4.98 Å². The van der Waals surface area contributed by atoms with Crippen LogP contribution in [0.1, 0.15) is 12.1 Å². The van der Waals surface area contributed by atoms with Gasteiger partial charge in [-0.15, -0.1) is 0 Å². The zero-order valence-electron chi connectivity index (χ0n) is 13.9. The molecule has 0 amide bonds. The predicted molar refractivity (Wildman–Crippen MR) is 98.7 cm³/mol. The molecular weight excluding hydrogens is 364 g/mol. The van der Waals surface area contributed by atoms with E-state index in [0.29, 0.717) is 29.0 Å². The molecule has 0 bridgehead atoms. The number of benzene rings is 1. The van der Waals surface area contributed by atoms with Crippen LogP contribution in [0.15, 0.2) is 24.3 Å². The third-order valence-corrected chi connectivity index (χ3v) is 5.91. The van der Waals surface area contributed by atoms with E-state index in [4.69, 9.17) is 16.3 Å². The average Bonchev–Trinajstić information content (AvgIpc) is 2.85. The summed E-state index contributed by atoms with van der Waals surface area (Å²) in [6.07, 6.45) is 0.586. The maximum absolute atomic E-state index is 11.6. The highest BCUT2D eigenvalue weighted by atomic mass is 35.5. The molecule has 134 valence electrons. The van der Waals surface area contributed by atoms with Crippen LogP contribution in [0.25, 0.3) is 0 Å². The van der Waals surface area contributed by atoms with Gasteiger partial charge in [0.2, 0.25) is 5.95 Å². The van der Waals surface area contributed by atoms with Crippen molar-refractivity contribution in [2.24, 2.45) is 0 Å². The molecule has 1 aromatic heterocycles. The predicted octanol–water partition coefficient (Wildman–Crippen LogP) is 2.79. The van der Waals surface area contributed by atoms with E-state index >= 15 is 0 Å². The monoisotopic (exact) mass is 382 g/mol. The summed E-state index contributed by atoms with van der Waals surface area (Å²) >= 11 is 6.12. The number of nitrogens with zero attached hydrogens (tertiary/aromatic N) is 2. The molecule has 1 unspecified atom stereocenters. The van der Waals surface area contributed by atoms with E-state index in [2.05, 4.69) is 20.6 Å². The number of nitrogens with one attached hydrogen (secondary N) is 2. The van der Waals surface area contributed by atoms with Gasteiger partial charge in [0.25, 0.3) is 0 Å². The first kappa shape index (κ1) is 17.8. The molecule has 9 heteroatoms. The average molecular weight is 383 g/mol. The third-order valence-electron chi connectivity index (χ3n) is 3.85. The maximum atomic E-state index is 11.6. The Bertz CT molecular complexity index is 889. The first-order chi connectivity index (χ1) is 11.8. The van der Waals surface area contributed by atoms with Gasteiger partial charge in [0.1, 0.15) is 11.6 Å². The number of halogens is 1.